The Bertz CT molecular complexity index is 149. The molecule has 0 aliphatic carbocycles. The first-order chi connectivity index (χ1) is 7.31. The lowest BCUT2D eigenvalue weighted by molar-refractivity contribution is -0.121. The van der Waals surface area contributed by atoms with Crippen LogP contribution in [0.3, 0.4) is 0 Å². The average molecular weight is 215 g/mol. The highest BCUT2D eigenvalue weighted by molar-refractivity contribution is 5.75. The number of hydrogen-bond acceptors (Lipinski definition) is 2. The van der Waals surface area contributed by atoms with Gasteiger partial charge in [0.2, 0.25) is 5.91 Å². The molecule has 0 aromatic rings. The largest absolute Gasteiger partial charge is 0.395 e. The van der Waals surface area contributed by atoms with Crippen molar-refractivity contribution in [2.45, 2.75) is 58.3 Å². The van der Waals surface area contributed by atoms with E-state index in [1.54, 1.807) is 0 Å². The van der Waals surface area contributed by atoms with Crippen molar-refractivity contribution in [1.29, 1.82) is 0 Å². The molecule has 0 aliphatic heterocycles. The lowest BCUT2D eigenvalue weighted by atomic mass is 10.1. The van der Waals surface area contributed by atoms with Crippen molar-refractivity contribution < 1.29 is 9.90 Å². The molecule has 0 spiro atoms. The predicted octanol–water partition coefficient (Wildman–Crippen LogP) is 2.24. The molecule has 0 radical (unpaired) electrons. The summed E-state index contributed by atoms with van der Waals surface area (Å²) in [6.45, 7) is 2.63. The van der Waals surface area contributed by atoms with Gasteiger partial charge in [-0.3, -0.25) is 4.79 Å². The van der Waals surface area contributed by atoms with Crippen LogP contribution in [0.4, 0.5) is 0 Å². The van der Waals surface area contributed by atoms with Gasteiger partial charge >= 0.3 is 0 Å². The van der Waals surface area contributed by atoms with Crippen LogP contribution < -0.4 is 5.32 Å². The van der Waals surface area contributed by atoms with Gasteiger partial charge in [0.05, 0.1) is 6.61 Å². The van der Waals surface area contributed by atoms with E-state index in [-0.39, 0.29) is 12.5 Å². The Morgan fingerprint density at radius 2 is 1.67 bits per heavy atom. The van der Waals surface area contributed by atoms with Gasteiger partial charge < -0.3 is 10.4 Å². The van der Waals surface area contributed by atoms with Crippen molar-refractivity contribution in [2.24, 2.45) is 0 Å². The maximum absolute atomic E-state index is 11.1. The minimum atomic E-state index is 0.0305. The van der Waals surface area contributed by atoms with Crippen LogP contribution in [-0.4, -0.2) is 24.2 Å². The van der Waals surface area contributed by atoms with E-state index in [1.807, 2.05) is 0 Å². The molecule has 0 heterocycles. The Morgan fingerprint density at radius 3 is 2.27 bits per heavy atom. The van der Waals surface area contributed by atoms with Crippen LogP contribution >= 0.6 is 0 Å². The van der Waals surface area contributed by atoms with Crippen LogP contribution in [0.5, 0.6) is 0 Å². The van der Waals surface area contributed by atoms with E-state index in [1.165, 1.54) is 32.1 Å². The molecular formula is C12H25NO2. The van der Waals surface area contributed by atoms with E-state index >= 15 is 0 Å². The van der Waals surface area contributed by atoms with Crippen LogP contribution in [-0.2, 0) is 4.79 Å². The molecule has 1 amide bonds. The Morgan fingerprint density at radius 1 is 1.07 bits per heavy atom. The zero-order valence-corrected chi connectivity index (χ0v) is 9.93. The molecule has 90 valence electrons. The summed E-state index contributed by atoms with van der Waals surface area (Å²) < 4.78 is 0. The summed E-state index contributed by atoms with van der Waals surface area (Å²) >= 11 is 0. The number of hydrogen-bond donors (Lipinski definition) is 2. The summed E-state index contributed by atoms with van der Waals surface area (Å²) in [5.74, 6) is 0.0672. The maximum Gasteiger partial charge on any atom is 0.220 e. The van der Waals surface area contributed by atoms with Crippen molar-refractivity contribution in [3.05, 3.63) is 0 Å². The van der Waals surface area contributed by atoms with Gasteiger partial charge in [0.15, 0.2) is 0 Å². The van der Waals surface area contributed by atoms with E-state index in [2.05, 4.69) is 12.2 Å². The van der Waals surface area contributed by atoms with Gasteiger partial charge in [-0.05, 0) is 6.42 Å². The number of carbonyl (C=O) groups is 1. The minimum Gasteiger partial charge on any atom is -0.395 e. The molecule has 0 aromatic heterocycles. The van der Waals surface area contributed by atoms with Crippen molar-refractivity contribution in [1.82, 2.24) is 5.32 Å². The topological polar surface area (TPSA) is 49.3 Å². The van der Waals surface area contributed by atoms with Gasteiger partial charge in [0.25, 0.3) is 0 Å². The molecular weight excluding hydrogens is 190 g/mol. The lowest BCUT2D eigenvalue weighted by Gasteiger charge is -2.03. The minimum absolute atomic E-state index is 0.0305. The van der Waals surface area contributed by atoms with Crippen LogP contribution in [0.1, 0.15) is 58.3 Å². The SMILES string of the molecule is CCCCCCCCCC(=O)NCCO. The fourth-order valence-corrected chi connectivity index (χ4v) is 1.53. The quantitative estimate of drug-likeness (QED) is 0.549. The third-order valence-electron chi connectivity index (χ3n) is 2.44. The zero-order chi connectivity index (χ0) is 11.4. The molecule has 3 nitrogen and oxygen atoms in total. The molecule has 15 heavy (non-hydrogen) atoms. The summed E-state index contributed by atoms with van der Waals surface area (Å²) in [5.41, 5.74) is 0. The highest BCUT2D eigenvalue weighted by atomic mass is 16.3. The van der Waals surface area contributed by atoms with Gasteiger partial charge in [0.1, 0.15) is 0 Å². The summed E-state index contributed by atoms with van der Waals surface area (Å²) in [4.78, 5) is 11.1. The van der Waals surface area contributed by atoms with E-state index in [0.717, 1.165) is 12.8 Å². The van der Waals surface area contributed by atoms with E-state index in [0.29, 0.717) is 13.0 Å². The van der Waals surface area contributed by atoms with Crippen molar-refractivity contribution in [3.63, 3.8) is 0 Å². The van der Waals surface area contributed by atoms with Gasteiger partial charge in [0, 0.05) is 13.0 Å². The number of carbonyl (C=O) groups excluding carboxylic acids is 1. The number of nitrogens with one attached hydrogen (secondary N) is 1. The molecule has 0 aromatic carbocycles. The maximum atomic E-state index is 11.1. The molecule has 0 fully saturated rings. The van der Waals surface area contributed by atoms with Crippen LogP contribution in [0.15, 0.2) is 0 Å². The molecule has 0 unspecified atom stereocenters. The average Bonchev–Trinajstić information content (AvgIpc) is 2.25. The number of rotatable bonds is 10. The molecule has 0 aliphatic rings. The van der Waals surface area contributed by atoms with E-state index in [4.69, 9.17) is 5.11 Å². The lowest BCUT2D eigenvalue weighted by Crippen LogP contribution is -2.25. The zero-order valence-electron chi connectivity index (χ0n) is 9.93. The predicted molar refractivity (Wildman–Crippen MR) is 62.7 cm³/mol. The number of aliphatic hydroxyl groups excluding tert-OH is 1. The highest BCUT2D eigenvalue weighted by Gasteiger charge is 1.99. The first-order valence-electron chi connectivity index (χ1n) is 6.18. The van der Waals surface area contributed by atoms with E-state index < -0.39 is 0 Å². The first kappa shape index (κ1) is 14.4. The molecule has 2 N–H and O–H groups in total. The number of aliphatic hydroxyl groups is 1. The fraction of sp³-hybridized carbons (Fsp3) is 0.917. The van der Waals surface area contributed by atoms with Crippen molar-refractivity contribution in [2.75, 3.05) is 13.2 Å². The molecule has 0 bridgehead atoms. The Kier molecular flexibility index (Phi) is 11.1. The second-order valence-corrected chi connectivity index (χ2v) is 3.94. The Labute approximate surface area is 93.3 Å². The van der Waals surface area contributed by atoms with E-state index in [9.17, 15) is 4.79 Å². The van der Waals surface area contributed by atoms with Crippen LogP contribution in [0.2, 0.25) is 0 Å². The molecule has 3 heteroatoms. The highest BCUT2D eigenvalue weighted by Crippen LogP contribution is 2.07. The monoisotopic (exact) mass is 215 g/mol. The molecule has 0 atom stereocenters. The standard InChI is InChI=1S/C12H25NO2/c1-2-3-4-5-6-7-8-9-12(15)13-10-11-14/h14H,2-11H2,1H3,(H,13,15). The smallest absolute Gasteiger partial charge is 0.220 e. The van der Waals surface area contributed by atoms with Gasteiger partial charge in [-0.15, -0.1) is 0 Å². The number of unbranched alkanes of at least 4 members (excludes halogenated alkanes) is 6. The Hall–Kier alpha value is -0.570. The van der Waals surface area contributed by atoms with Gasteiger partial charge in [-0.25, -0.2) is 0 Å². The van der Waals surface area contributed by atoms with Gasteiger partial charge in [-0.1, -0.05) is 45.4 Å². The Balaban J connectivity index is 3.06. The second-order valence-electron chi connectivity index (χ2n) is 3.94. The normalized spacial score (nSPS) is 10.3. The summed E-state index contributed by atoms with van der Waals surface area (Å²) in [5, 5.41) is 11.1. The van der Waals surface area contributed by atoms with Crippen LogP contribution in [0.25, 0.3) is 0 Å². The molecule has 0 rings (SSSR count). The van der Waals surface area contributed by atoms with Crippen molar-refractivity contribution in [3.8, 4) is 0 Å². The van der Waals surface area contributed by atoms with Crippen molar-refractivity contribution >= 4 is 5.91 Å². The van der Waals surface area contributed by atoms with Gasteiger partial charge in [-0.2, -0.15) is 0 Å². The molecule has 0 saturated heterocycles. The summed E-state index contributed by atoms with van der Waals surface area (Å²) in [6.07, 6.45) is 9.21. The number of amides is 1. The fourth-order valence-electron chi connectivity index (χ4n) is 1.53. The first-order valence-corrected chi connectivity index (χ1v) is 6.18. The molecule has 0 saturated carbocycles. The second kappa shape index (κ2) is 11.5. The summed E-state index contributed by atoms with van der Waals surface area (Å²) in [7, 11) is 0. The third-order valence-corrected chi connectivity index (χ3v) is 2.44. The third kappa shape index (κ3) is 11.4. The van der Waals surface area contributed by atoms with Crippen LogP contribution in [0, 0.1) is 0 Å². The summed E-state index contributed by atoms with van der Waals surface area (Å²) in [6, 6.07) is 0.